The second-order valence-corrected chi connectivity index (χ2v) is 6.41. The summed E-state index contributed by atoms with van der Waals surface area (Å²) in [6.45, 7) is 4.45. The third-order valence-corrected chi connectivity index (χ3v) is 4.09. The lowest BCUT2D eigenvalue weighted by Gasteiger charge is -2.11. The zero-order valence-corrected chi connectivity index (χ0v) is 15.4. The van der Waals surface area contributed by atoms with Crippen molar-refractivity contribution >= 4 is 21.8 Å². The maximum absolute atomic E-state index is 10.8. The predicted molar refractivity (Wildman–Crippen MR) is 99.9 cm³/mol. The van der Waals surface area contributed by atoms with Gasteiger partial charge in [0.2, 0.25) is 5.91 Å². The summed E-state index contributed by atoms with van der Waals surface area (Å²) in [6, 6.07) is 16.2. The van der Waals surface area contributed by atoms with Crippen LogP contribution in [0.2, 0.25) is 0 Å². The molecule has 0 bridgehead atoms. The minimum Gasteiger partial charge on any atom is -0.488 e. The lowest BCUT2D eigenvalue weighted by molar-refractivity contribution is -0.118. The molecular formula is C19H23BrN2O2. The van der Waals surface area contributed by atoms with Crippen LogP contribution in [0.3, 0.4) is 0 Å². The molecule has 2 N–H and O–H groups in total. The Bertz CT molecular complexity index is 647. The molecule has 5 heteroatoms. The Balaban J connectivity index is 1.74. The van der Waals surface area contributed by atoms with Gasteiger partial charge in [-0.1, -0.05) is 36.4 Å². The summed E-state index contributed by atoms with van der Waals surface area (Å²) in [5, 5.41) is 6.15. The Hall–Kier alpha value is -1.85. The lowest BCUT2D eigenvalue weighted by atomic mass is 10.2. The van der Waals surface area contributed by atoms with E-state index in [0.29, 0.717) is 13.2 Å². The average Bonchev–Trinajstić information content (AvgIpc) is 2.58. The molecule has 2 rings (SSSR count). The minimum atomic E-state index is 0.0185. The molecule has 0 aromatic heterocycles. The monoisotopic (exact) mass is 390 g/mol. The third-order valence-electron chi connectivity index (χ3n) is 3.47. The van der Waals surface area contributed by atoms with Crippen LogP contribution in [0.4, 0.5) is 0 Å². The van der Waals surface area contributed by atoms with E-state index < -0.39 is 0 Å². The van der Waals surface area contributed by atoms with Crippen LogP contribution < -0.4 is 15.4 Å². The maximum Gasteiger partial charge on any atom is 0.216 e. The number of amides is 1. The third kappa shape index (κ3) is 6.72. The van der Waals surface area contributed by atoms with Gasteiger partial charge in [-0.3, -0.25) is 4.79 Å². The zero-order valence-electron chi connectivity index (χ0n) is 13.8. The second kappa shape index (κ2) is 10.1. The molecule has 0 unspecified atom stereocenters. The van der Waals surface area contributed by atoms with Crippen molar-refractivity contribution in [2.24, 2.45) is 0 Å². The zero-order chi connectivity index (χ0) is 17.2. The van der Waals surface area contributed by atoms with E-state index in [2.05, 4.69) is 38.7 Å². The number of benzene rings is 2. The van der Waals surface area contributed by atoms with Crippen LogP contribution >= 0.6 is 15.9 Å². The van der Waals surface area contributed by atoms with Crippen LogP contribution in [0.25, 0.3) is 0 Å². The van der Waals surface area contributed by atoms with Gasteiger partial charge in [0.1, 0.15) is 12.4 Å². The van der Waals surface area contributed by atoms with Crippen LogP contribution in [0.1, 0.15) is 24.5 Å². The molecule has 0 heterocycles. The largest absolute Gasteiger partial charge is 0.488 e. The molecule has 0 atom stereocenters. The molecule has 24 heavy (non-hydrogen) atoms. The molecule has 2 aromatic rings. The van der Waals surface area contributed by atoms with E-state index in [1.165, 1.54) is 12.5 Å². The van der Waals surface area contributed by atoms with Gasteiger partial charge in [-0.25, -0.2) is 0 Å². The van der Waals surface area contributed by atoms with Crippen molar-refractivity contribution in [2.75, 3.05) is 13.1 Å². The summed E-state index contributed by atoms with van der Waals surface area (Å²) in [7, 11) is 0. The summed E-state index contributed by atoms with van der Waals surface area (Å²) >= 11 is 3.57. The first-order valence-corrected chi connectivity index (χ1v) is 8.85. The van der Waals surface area contributed by atoms with Crippen LogP contribution in [-0.4, -0.2) is 19.0 Å². The quantitative estimate of drug-likeness (QED) is 0.642. The van der Waals surface area contributed by atoms with Crippen molar-refractivity contribution in [3.63, 3.8) is 0 Å². The first-order valence-electron chi connectivity index (χ1n) is 8.05. The molecule has 0 saturated heterocycles. The highest BCUT2D eigenvalue weighted by Crippen LogP contribution is 2.26. The first-order chi connectivity index (χ1) is 11.6. The van der Waals surface area contributed by atoms with Gasteiger partial charge in [0, 0.05) is 20.0 Å². The molecule has 128 valence electrons. The molecule has 2 aromatic carbocycles. The Morgan fingerprint density at radius 3 is 2.58 bits per heavy atom. The number of rotatable bonds is 9. The molecule has 0 aliphatic carbocycles. The summed E-state index contributed by atoms with van der Waals surface area (Å²) in [5.41, 5.74) is 2.34. The van der Waals surface area contributed by atoms with Crippen molar-refractivity contribution in [3.05, 3.63) is 64.1 Å². The topological polar surface area (TPSA) is 50.4 Å². The maximum atomic E-state index is 10.8. The van der Waals surface area contributed by atoms with E-state index in [1.54, 1.807) is 0 Å². The van der Waals surface area contributed by atoms with Crippen molar-refractivity contribution in [2.45, 2.75) is 26.5 Å². The van der Waals surface area contributed by atoms with Gasteiger partial charge in [-0.2, -0.15) is 0 Å². The number of nitrogens with one attached hydrogen (secondary N) is 2. The Morgan fingerprint density at radius 2 is 1.88 bits per heavy atom. The fraction of sp³-hybridized carbons (Fsp3) is 0.316. The smallest absolute Gasteiger partial charge is 0.216 e. The molecule has 1 amide bonds. The molecule has 4 nitrogen and oxygen atoms in total. The van der Waals surface area contributed by atoms with Gasteiger partial charge in [-0.05, 0) is 52.2 Å². The number of carbonyl (C=O) groups excluding carboxylic acids is 1. The normalized spacial score (nSPS) is 10.4. The van der Waals surface area contributed by atoms with E-state index in [9.17, 15) is 4.79 Å². The van der Waals surface area contributed by atoms with E-state index >= 15 is 0 Å². The average molecular weight is 391 g/mol. The van der Waals surface area contributed by atoms with Crippen LogP contribution in [0, 0.1) is 0 Å². The number of halogens is 1. The van der Waals surface area contributed by atoms with Gasteiger partial charge in [0.05, 0.1) is 4.47 Å². The van der Waals surface area contributed by atoms with Crippen molar-refractivity contribution < 1.29 is 9.53 Å². The molecule has 0 saturated carbocycles. The standard InChI is InChI=1S/C19H23BrN2O2/c1-15(23)22-11-5-10-21-13-17-8-9-19(18(20)12-17)24-14-16-6-3-2-4-7-16/h2-4,6-9,12,21H,5,10-11,13-14H2,1H3,(H,22,23). The molecule has 0 radical (unpaired) electrons. The number of hydrogen-bond acceptors (Lipinski definition) is 3. The van der Waals surface area contributed by atoms with Gasteiger partial charge < -0.3 is 15.4 Å². The van der Waals surface area contributed by atoms with Gasteiger partial charge in [0.15, 0.2) is 0 Å². The Morgan fingerprint density at radius 1 is 1.08 bits per heavy atom. The van der Waals surface area contributed by atoms with E-state index in [1.807, 2.05) is 36.4 Å². The van der Waals surface area contributed by atoms with Crippen molar-refractivity contribution in [1.29, 1.82) is 0 Å². The molecule has 0 aliphatic rings. The molecule has 0 spiro atoms. The SMILES string of the molecule is CC(=O)NCCCNCc1ccc(OCc2ccccc2)c(Br)c1. The predicted octanol–water partition coefficient (Wildman–Crippen LogP) is 3.64. The van der Waals surface area contributed by atoms with Crippen molar-refractivity contribution in [3.8, 4) is 5.75 Å². The van der Waals surface area contributed by atoms with Gasteiger partial charge >= 0.3 is 0 Å². The summed E-state index contributed by atoms with van der Waals surface area (Å²) in [5.74, 6) is 0.860. The van der Waals surface area contributed by atoms with E-state index in [4.69, 9.17) is 4.74 Å². The lowest BCUT2D eigenvalue weighted by Crippen LogP contribution is -2.24. The van der Waals surface area contributed by atoms with Crippen LogP contribution in [0.5, 0.6) is 5.75 Å². The highest BCUT2D eigenvalue weighted by atomic mass is 79.9. The Kier molecular flexibility index (Phi) is 7.79. The Labute approximate surface area is 151 Å². The first kappa shape index (κ1) is 18.5. The van der Waals surface area contributed by atoms with Gasteiger partial charge in [-0.15, -0.1) is 0 Å². The number of carbonyl (C=O) groups is 1. The minimum absolute atomic E-state index is 0.0185. The molecular weight excluding hydrogens is 368 g/mol. The van der Waals surface area contributed by atoms with Crippen molar-refractivity contribution in [1.82, 2.24) is 10.6 Å². The summed E-state index contributed by atoms with van der Waals surface area (Å²) in [4.78, 5) is 10.8. The van der Waals surface area contributed by atoms with E-state index in [-0.39, 0.29) is 5.91 Å². The summed E-state index contributed by atoms with van der Waals surface area (Å²) in [6.07, 6.45) is 0.916. The number of ether oxygens (including phenoxy) is 1. The summed E-state index contributed by atoms with van der Waals surface area (Å²) < 4.78 is 6.80. The molecule has 0 aliphatic heterocycles. The molecule has 0 fully saturated rings. The fourth-order valence-electron chi connectivity index (χ4n) is 2.22. The van der Waals surface area contributed by atoms with Crippen LogP contribution in [-0.2, 0) is 17.9 Å². The fourth-order valence-corrected chi connectivity index (χ4v) is 2.76. The highest BCUT2D eigenvalue weighted by molar-refractivity contribution is 9.10. The van der Waals surface area contributed by atoms with Crippen LogP contribution in [0.15, 0.2) is 53.0 Å². The number of hydrogen-bond donors (Lipinski definition) is 2. The van der Waals surface area contributed by atoms with Gasteiger partial charge in [0.25, 0.3) is 0 Å². The highest BCUT2D eigenvalue weighted by Gasteiger charge is 2.03. The second-order valence-electron chi connectivity index (χ2n) is 5.55. The van der Waals surface area contributed by atoms with E-state index in [0.717, 1.165) is 35.3 Å².